The second-order valence-corrected chi connectivity index (χ2v) is 4.17. The zero-order chi connectivity index (χ0) is 10.2. The zero-order valence-corrected chi connectivity index (χ0v) is 8.63. The fraction of sp³-hybridized carbons (Fsp3) is 0.700. The maximum absolute atomic E-state index is 14.4. The molecule has 1 aromatic rings. The van der Waals surface area contributed by atoms with Crippen LogP contribution in [0.2, 0.25) is 0 Å². The Balaban J connectivity index is 2.22. The molecule has 1 saturated heterocycles. The van der Waals surface area contributed by atoms with Crippen LogP contribution in [0.5, 0.6) is 0 Å². The summed E-state index contributed by atoms with van der Waals surface area (Å²) in [6.45, 7) is 3.34. The second kappa shape index (κ2) is 3.35. The fourth-order valence-electron chi connectivity index (χ4n) is 2.03. The third-order valence-corrected chi connectivity index (χ3v) is 3.10. The quantitative estimate of drug-likeness (QED) is 0.772. The Labute approximate surface area is 83.3 Å². The number of aromatic nitrogens is 2. The molecule has 1 aliphatic rings. The van der Waals surface area contributed by atoms with E-state index in [0.717, 1.165) is 19.5 Å². The molecule has 0 radical (unpaired) electrons. The number of halogens is 1. The monoisotopic (exact) mass is 197 g/mol. The predicted octanol–water partition coefficient (Wildman–Crippen LogP) is 1.21. The number of nitrogens with one attached hydrogen (secondary N) is 1. The number of hydrogen-bond donors (Lipinski definition) is 1. The highest BCUT2D eigenvalue weighted by molar-refractivity contribution is 5.16. The Bertz CT molecular complexity index is 313. The van der Waals surface area contributed by atoms with Crippen molar-refractivity contribution in [2.45, 2.75) is 19.0 Å². The van der Waals surface area contributed by atoms with Gasteiger partial charge >= 0.3 is 0 Å². The van der Waals surface area contributed by atoms with E-state index in [2.05, 4.69) is 10.4 Å². The lowest BCUT2D eigenvalue weighted by atomic mass is 9.85. The molecule has 0 aliphatic carbocycles. The van der Waals surface area contributed by atoms with Crippen LogP contribution in [0, 0.1) is 5.92 Å². The summed E-state index contributed by atoms with van der Waals surface area (Å²) in [5, 5.41) is 7.20. The highest BCUT2D eigenvalue weighted by Crippen LogP contribution is 2.36. The molecular formula is C10H16FN3. The molecule has 0 bridgehead atoms. The van der Waals surface area contributed by atoms with Gasteiger partial charge < -0.3 is 5.32 Å². The van der Waals surface area contributed by atoms with Crippen molar-refractivity contribution in [3.8, 4) is 0 Å². The van der Waals surface area contributed by atoms with Crippen molar-refractivity contribution in [3.05, 3.63) is 18.0 Å². The average molecular weight is 197 g/mol. The summed E-state index contributed by atoms with van der Waals surface area (Å²) in [6.07, 6.45) is 4.29. The molecule has 1 fully saturated rings. The summed E-state index contributed by atoms with van der Waals surface area (Å²) in [4.78, 5) is 0. The van der Waals surface area contributed by atoms with Crippen LogP contribution in [0.3, 0.4) is 0 Å². The third-order valence-electron chi connectivity index (χ3n) is 3.10. The third kappa shape index (κ3) is 1.54. The Morgan fingerprint density at radius 1 is 1.71 bits per heavy atom. The van der Waals surface area contributed by atoms with Crippen molar-refractivity contribution < 1.29 is 4.39 Å². The minimum Gasteiger partial charge on any atom is -0.316 e. The molecule has 2 rings (SSSR count). The first kappa shape index (κ1) is 9.65. The Hall–Kier alpha value is -0.900. The maximum atomic E-state index is 14.4. The minimum absolute atomic E-state index is 0.0756. The predicted molar refractivity (Wildman–Crippen MR) is 52.6 cm³/mol. The first-order valence-electron chi connectivity index (χ1n) is 4.99. The van der Waals surface area contributed by atoms with E-state index in [4.69, 9.17) is 0 Å². The van der Waals surface area contributed by atoms with E-state index in [1.54, 1.807) is 24.0 Å². The molecule has 78 valence electrons. The van der Waals surface area contributed by atoms with Gasteiger partial charge in [0.1, 0.15) is 5.67 Å². The van der Waals surface area contributed by atoms with Crippen LogP contribution in [0.1, 0.15) is 18.9 Å². The van der Waals surface area contributed by atoms with E-state index >= 15 is 0 Å². The standard InChI is InChI=1S/C10H16FN3/c1-10(11,8-3-4-12-5-8)9-6-13-14(2)7-9/h6-8,12H,3-5H2,1-2H3. The largest absolute Gasteiger partial charge is 0.316 e. The van der Waals surface area contributed by atoms with Crippen LogP contribution < -0.4 is 5.32 Å². The number of aryl methyl sites for hydroxylation is 1. The normalized spacial score (nSPS) is 26.4. The molecule has 2 heterocycles. The summed E-state index contributed by atoms with van der Waals surface area (Å²) in [5.74, 6) is 0.0756. The van der Waals surface area contributed by atoms with Crippen LogP contribution in [0.15, 0.2) is 12.4 Å². The maximum Gasteiger partial charge on any atom is 0.140 e. The first-order valence-corrected chi connectivity index (χ1v) is 4.99. The molecule has 4 heteroatoms. The van der Waals surface area contributed by atoms with Gasteiger partial charge in [0, 0.05) is 31.3 Å². The lowest BCUT2D eigenvalue weighted by Crippen LogP contribution is -2.28. The smallest absolute Gasteiger partial charge is 0.140 e. The van der Waals surface area contributed by atoms with Crippen LogP contribution in [-0.4, -0.2) is 22.9 Å². The highest BCUT2D eigenvalue weighted by atomic mass is 19.1. The van der Waals surface area contributed by atoms with Gasteiger partial charge in [0.2, 0.25) is 0 Å². The molecule has 14 heavy (non-hydrogen) atoms. The molecule has 1 N–H and O–H groups in total. The summed E-state index contributed by atoms with van der Waals surface area (Å²) >= 11 is 0. The summed E-state index contributed by atoms with van der Waals surface area (Å²) in [6, 6.07) is 0. The van der Waals surface area contributed by atoms with E-state index in [-0.39, 0.29) is 5.92 Å². The van der Waals surface area contributed by atoms with Gasteiger partial charge in [-0.25, -0.2) is 4.39 Å². The summed E-state index contributed by atoms with van der Waals surface area (Å²) in [7, 11) is 1.81. The Morgan fingerprint density at radius 2 is 2.50 bits per heavy atom. The van der Waals surface area contributed by atoms with Crippen molar-refractivity contribution in [2.24, 2.45) is 13.0 Å². The van der Waals surface area contributed by atoms with Crippen molar-refractivity contribution in [1.82, 2.24) is 15.1 Å². The van der Waals surface area contributed by atoms with Crippen molar-refractivity contribution >= 4 is 0 Å². The van der Waals surface area contributed by atoms with Crippen LogP contribution in [-0.2, 0) is 12.7 Å². The molecule has 2 unspecified atom stereocenters. The van der Waals surface area contributed by atoms with Gasteiger partial charge in [-0.3, -0.25) is 4.68 Å². The van der Waals surface area contributed by atoms with Crippen molar-refractivity contribution in [1.29, 1.82) is 0 Å². The Morgan fingerprint density at radius 3 is 3.00 bits per heavy atom. The van der Waals surface area contributed by atoms with Gasteiger partial charge in [0.25, 0.3) is 0 Å². The van der Waals surface area contributed by atoms with Crippen LogP contribution in [0.4, 0.5) is 4.39 Å². The minimum atomic E-state index is -1.25. The summed E-state index contributed by atoms with van der Waals surface area (Å²) < 4.78 is 16.1. The molecular weight excluding hydrogens is 181 g/mol. The second-order valence-electron chi connectivity index (χ2n) is 4.17. The summed E-state index contributed by atoms with van der Waals surface area (Å²) in [5.41, 5.74) is -0.564. The average Bonchev–Trinajstić information content (AvgIpc) is 2.72. The van der Waals surface area contributed by atoms with Crippen molar-refractivity contribution in [3.63, 3.8) is 0 Å². The molecule has 0 saturated carbocycles. The van der Waals surface area contributed by atoms with E-state index in [0.29, 0.717) is 5.56 Å². The number of alkyl halides is 1. The van der Waals surface area contributed by atoms with E-state index in [1.165, 1.54) is 0 Å². The van der Waals surface area contributed by atoms with E-state index < -0.39 is 5.67 Å². The molecule has 1 aliphatic heterocycles. The lowest BCUT2D eigenvalue weighted by Gasteiger charge is -2.25. The lowest BCUT2D eigenvalue weighted by molar-refractivity contribution is 0.112. The fourth-order valence-corrected chi connectivity index (χ4v) is 2.03. The number of hydrogen-bond acceptors (Lipinski definition) is 2. The van der Waals surface area contributed by atoms with Gasteiger partial charge in [-0.15, -0.1) is 0 Å². The van der Waals surface area contributed by atoms with Gasteiger partial charge in [0.05, 0.1) is 6.20 Å². The first-order chi connectivity index (χ1) is 6.60. The zero-order valence-electron chi connectivity index (χ0n) is 8.63. The highest BCUT2D eigenvalue weighted by Gasteiger charge is 2.38. The van der Waals surface area contributed by atoms with Crippen LogP contribution in [0.25, 0.3) is 0 Å². The molecule has 3 nitrogen and oxygen atoms in total. The SMILES string of the molecule is Cn1cc(C(C)(F)C2CCNC2)cn1. The van der Waals surface area contributed by atoms with E-state index in [1.807, 2.05) is 7.05 Å². The molecule has 0 amide bonds. The van der Waals surface area contributed by atoms with Crippen molar-refractivity contribution in [2.75, 3.05) is 13.1 Å². The molecule has 2 atom stereocenters. The van der Waals surface area contributed by atoms with E-state index in [9.17, 15) is 4.39 Å². The van der Waals surface area contributed by atoms with Crippen LogP contribution >= 0.6 is 0 Å². The Kier molecular flexibility index (Phi) is 2.31. The van der Waals surface area contributed by atoms with Gasteiger partial charge in [-0.05, 0) is 19.9 Å². The molecule has 1 aromatic heterocycles. The number of nitrogens with zero attached hydrogens (tertiary/aromatic N) is 2. The molecule has 0 aromatic carbocycles. The van der Waals surface area contributed by atoms with Gasteiger partial charge in [0.15, 0.2) is 0 Å². The van der Waals surface area contributed by atoms with Gasteiger partial charge in [-0.2, -0.15) is 5.10 Å². The van der Waals surface area contributed by atoms with Gasteiger partial charge in [-0.1, -0.05) is 0 Å². The molecule has 0 spiro atoms. The topological polar surface area (TPSA) is 29.9 Å². The number of rotatable bonds is 2.